The Morgan fingerprint density at radius 1 is 1.21 bits per heavy atom. The number of benzene rings is 2. The average Bonchev–Trinajstić information content (AvgIpc) is 2.62. The zero-order valence-corrected chi connectivity index (χ0v) is 15.6. The number of alkyl halides is 3. The molecule has 1 aliphatic rings. The van der Waals surface area contributed by atoms with Gasteiger partial charge in [-0.15, -0.1) is 0 Å². The standard InChI is InChI=1S/C19H17F4N3OS/c1-18(8-9-28-17(24)26-18)13-6-7-14(20)15(10-13)25-16(27)11-2-4-12(5-3-11)19(21,22)23/h2-7,10H,8-9H2,1H3,(H2,24,26)(H,25,27). The summed E-state index contributed by atoms with van der Waals surface area (Å²) in [6.07, 6.45) is -3.80. The molecule has 2 aromatic rings. The summed E-state index contributed by atoms with van der Waals surface area (Å²) in [5.41, 5.74) is 4.89. The van der Waals surface area contributed by atoms with Gasteiger partial charge in [0.2, 0.25) is 0 Å². The van der Waals surface area contributed by atoms with E-state index >= 15 is 0 Å². The Morgan fingerprint density at radius 2 is 1.89 bits per heavy atom. The van der Waals surface area contributed by atoms with Crippen LogP contribution in [0, 0.1) is 5.82 Å². The third-order valence-electron chi connectivity index (χ3n) is 4.51. The van der Waals surface area contributed by atoms with Crippen molar-refractivity contribution in [3.63, 3.8) is 0 Å². The number of nitrogens with zero attached hydrogens (tertiary/aromatic N) is 1. The molecule has 0 bridgehead atoms. The van der Waals surface area contributed by atoms with Crippen molar-refractivity contribution < 1.29 is 22.4 Å². The highest BCUT2D eigenvalue weighted by atomic mass is 32.2. The predicted octanol–water partition coefficient (Wildman–Crippen LogP) is 4.76. The van der Waals surface area contributed by atoms with Crippen LogP contribution >= 0.6 is 11.8 Å². The fourth-order valence-corrected chi connectivity index (χ4v) is 3.83. The van der Waals surface area contributed by atoms with Crippen molar-refractivity contribution in [2.45, 2.75) is 25.1 Å². The number of hydrogen-bond donors (Lipinski definition) is 2. The van der Waals surface area contributed by atoms with Crippen LogP contribution in [0.4, 0.5) is 23.2 Å². The Bertz CT molecular complexity index is 928. The normalized spacial score (nSPS) is 19.8. The summed E-state index contributed by atoms with van der Waals surface area (Å²) in [5.74, 6) is -0.608. The van der Waals surface area contributed by atoms with Crippen molar-refractivity contribution in [1.29, 1.82) is 0 Å². The van der Waals surface area contributed by atoms with Crippen molar-refractivity contribution in [1.82, 2.24) is 0 Å². The number of carbonyl (C=O) groups excluding carboxylic acids is 1. The summed E-state index contributed by atoms with van der Waals surface area (Å²) >= 11 is 1.44. The van der Waals surface area contributed by atoms with E-state index in [-0.39, 0.29) is 11.3 Å². The molecule has 0 saturated carbocycles. The minimum Gasteiger partial charge on any atom is -0.379 e. The topological polar surface area (TPSA) is 67.5 Å². The van der Waals surface area contributed by atoms with Crippen LogP contribution in [0.1, 0.15) is 34.8 Å². The summed E-state index contributed by atoms with van der Waals surface area (Å²) in [4.78, 5) is 16.8. The highest BCUT2D eigenvalue weighted by Gasteiger charge is 2.31. The van der Waals surface area contributed by atoms with Crippen LogP contribution in [0.25, 0.3) is 0 Å². The number of rotatable bonds is 3. The first-order chi connectivity index (χ1) is 13.1. The van der Waals surface area contributed by atoms with Gasteiger partial charge in [0.05, 0.1) is 16.8 Å². The molecule has 0 aromatic heterocycles. The van der Waals surface area contributed by atoms with E-state index in [0.717, 1.165) is 30.0 Å². The van der Waals surface area contributed by atoms with Crippen LogP contribution in [0.15, 0.2) is 47.5 Å². The second-order valence-corrected chi connectivity index (χ2v) is 7.66. The summed E-state index contributed by atoms with van der Waals surface area (Å²) in [6, 6.07) is 7.98. The average molecular weight is 411 g/mol. The number of nitrogens with one attached hydrogen (secondary N) is 1. The second kappa shape index (κ2) is 7.46. The number of carbonyl (C=O) groups is 1. The van der Waals surface area contributed by atoms with Gasteiger partial charge in [0, 0.05) is 11.3 Å². The minimum absolute atomic E-state index is 0.0136. The number of thioether (sulfide) groups is 1. The number of amidine groups is 1. The molecular formula is C19H17F4N3OS. The third-order valence-corrected chi connectivity index (χ3v) is 5.30. The Balaban J connectivity index is 1.84. The molecule has 1 unspecified atom stereocenters. The molecule has 3 rings (SSSR count). The van der Waals surface area contributed by atoms with E-state index in [1.165, 1.54) is 23.9 Å². The molecule has 4 nitrogen and oxygen atoms in total. The maximum atomic E-state index is 14.2. The summed E-state index contributed by atoms with van der Waals surface area (Å²) in [6.45, 7) is 1.87. The number of amides is 1. The molecule has 0 fully saturated rings. The minimum atomic E-state index is -4.49. The molecule has 9 heteroatoms. The molecule has 1 aliphatic heterocycles. The predicted molar refractivity (Wildman–Crippen MR) is 102 cm³/mol. The maximum absolute atomic E-state index is 14.2. The molecule has 0 aliphatic carbocycles. The third kappa shape index (κ3) is 4.30. The molecule has 1 amide bonds. The molecular weight excluding hydrogens is 394 g/mol. The number of halogens is 4. The van der Waals surface area contributed by atoms with E-state index in [1.807, 2.05) is 6.92 Å². The lowest BCUT2D eigenvalue weighted by molar-refractivity contribution is -0.137. The zero-order valence-electron chi connectivity index (χ0n) is 14.8. The highest BCUT2D eigenvalue weighted by Crippen LogP contribution is 2.36. The fraction of sp³-hybridized carbons (Fsp3) is 0.263. The van der Waals surface area contributed by atoms with Crippen LogP contribution in [-0.4, -0.2) is 16.8 Å². The van der Waals surface area contributed by atoms with Crippen LogP contribution in [0.3, 0.4) is 0 Å². The molecule has 2 aromatic carbocycles. The molecule has 0 saturated heterocycles. The number of aliphatic imine (C=N–C) groups is 1. The van der Waals surface area contributed by atoms with Gasteiger partial charge in [-0.1, -0.05) is 17.8 Å². The largest absolute Gasteiger partial charge is 0.416 e. The summed E-state index contributed by atoms with van der Waals surface area (Å²) in [5, 5.41) is 2.85. The van der Waals surface area contributed by atoms with Gasteiger partial charge in [0.1, 0.15) is 5.82 Å². The molecule has 1 atom stereocenters. The second-order valence-electron chi connectivity index (χ2n) is 6.55. The van der Waals surface area contributed by atoms with Crippen molar-refractivity contribution in [3.8, 4) is 0 Å². The lowest BCUT2D eigenvalue weighted by Crippen LogP contribution is -2.29. The Kier molecular flexibility index (Phi) is 5.38. The molecule has 3 N–H and O–H groups in total. The summed E-state index contributed by atoms with van der Waals surface area (Å²) in [7, 11) is 0. The lowest BCUT2D eigenvalue weighted by atomic mass is 9.89. The number of hydrogen-bond acceptors (Lipinski definition) is 4. The SMILES string of the molecule is CC1(c2ccc(F)c(NC(=O)c3ccc(C(F)(F)F)cc3)c2)CCSC(N)=N1. The molecule has 0 spiro atoms. The maximum Gasteiger partial charge on any atom is 0.416 e. The Labute approximate surface area is 163 Å². The number of anilines is 1. The van der Waals surface area contributed by atoms with E-state index in [0.29, 0.717) is 17.2 Å². The fourth-order valence-electron chi connectivity index (χ4n) is 2.86. The van der Waals surface area contributed by atoms with E-state index in [4.69, 9.17) is 5.73 Å². The first-order valence-corrected chi connectivity index (χ1v) is 9.34. The van der Waals surface area contributed by atoms with Crippen LogP contribution < -0.4 is 11.1 Å². The van der Waals surface area contributed by atoms with Gasteiger partial charge in [0.25, 0.3) is 5.91 Å². The van der Waals surface area contributed by atoms with E-state index in [1.54, 1.807) is 6.07 Å². The first-order valence-electron chi connectivity index (χ1n) is 8.35. The van der Waals surface area contributed by atoms with Gasteiger partial charge in [-0.2, -0.15) is 13.2 Å². The molecule has 28 heavy (non-hydrogen) atoms. The zero-order chi connectivity index (χ0) is 20.5. The first kappa shape index (κ1) is 20.2. The van der Waals surface area contributed by atoms with Crippen LogP contribution in [0.2, 0.25) is 0 Å². The van der Waals surface area contributed by atoms with Crippen LogP contribution in [-0.2, 0) is 11.7 Å². The van der Waals surface area contributed by atoms with Crippen molar-refractivity contribution in [2.24, 2.45) is 10.7 Å². The van der Waals surface area contributed by atoms with Gasteiger partial charge in [0.15, 0.2) is 5.17 Å². The van der Waals surface area contributed by atoms with E-state index in [9.17, 15) is 22.4 Å². The quantitative estimate of drug-likeness (QED) is 0.716. The summed E-state index contributed by atoms with van der Waals surface area (Å²) < 4.78 is 52.1. The molecule has 0 radical (unpaired) electrons. The van der Waals surface area contributed by atoms with Gasteiger partial charge in [-0.05, 0) is 55.3 Å². The Morgan fingerprint density at radius 3 is 2.50 bits per heavy atom. The number of nitrogens with two attached hydrogens (primary N) is 1. The smallest absolute Gasteiger partial charge is 0.379 e. The van der Waals surface area contributed by atoms with Crippen molar-refractivity contribution in [3.05, 3.63) is 65.0 Å². The van der Waals surface area contributed by atoms with Gasteiger partial charge < -0.3 is 11.1 Å². The highest BCUT2D eigenvalue weighted by molar-refractivity contribution is 8.13. The molecule has 1 heterocycles. The van der Waals surface area contributed by atoms with Gasteiger partial charge in [-0.25, -0.2) is 4.39 Å². The van der Waals surface area contributed by atoms with Gasteiger partial charge >= 0.3 is 6.18 Å². The van der Waals surface area contributed by atoms with E-state index < -0.39 is 29.0 Å². The monoisotopic (exact) mass is 411 g/mol. The van der Waals surface area contributed by atoms with Crippen molar-refractivity contribution >= 4 is 28.5 Å². The van der Waals surface area contributed by atoms with Crippen molar-refractivity contribution in [2.75, 3.05) is 11.1 Å². The van der Waals surface area contributed by atoms with Gasteiger partial charge in [-0.3, -0.25) is 9.79 Å². The molecule has 148 valence electrons. The van der Waals surface area contributed by atoms with Crippen LogP contribution in [0.5, 0.6) is 0 Å². The lowest BCUT2D eigenvalue weighted by Gasteiger charge is -2.30. The Hall–Kier alpha value is -2.55. The van der Waals surface area contributed by atoms with E-state index in [2.05, 4.69) is 10.3 Å².